The summed E-state index contributed by atoms with van der Waals surface area (Å²) < 4.78 is 0. The maximum Gasteiger partial charge on any atom is 0.137 e. The van der Waals surface area contributed by atoms with Gasteiger partial charge in [0.15, 0.2) is 0 Å². The van der Waals surface area contributed by atoms with Crippen molar-refractivity contribution in [2.75, 3.05) is 0 Å². The zero-order valence-corrected chi connectivity index (χ0v) is 9.44. The van der Waals surface area contributed by atoms with E-state index in [0.717, 1.165) is 17.7 Å². The van der Waals surface area contributed by atoms with Gasteiger partial charge in [-0.15, -0.1) is 0 Å². The summed E-state index contributed by atoms with van der Waals surface area (Å²) in [5.41, 5.74) is 1.16. The highest BCUT2D eigenvalue weighted by Gasteiger charge is 2.19. The third-order valence-corrected chi connectivity index (χ3v) is 2.35. The van der Waals surface area contributed by atoms with Crippen LogP contribution in [-0.4, -0.2) is 20.1 Å². The van der Waals surface area contributed by atoms with Gasteiger partial charge in [-0.05, 0) is 31.5 Å². The number of aromatic nitrogens is 3. The number of nitrogens with zero attached hydrogens (tertiary/aromatic N) is 2. The van der Waals surface area contributed by atoms with Gasteiger partial charge in [0.05, 0.1) is 5.69 Å². The summed E-state index contributed by atoms with van der Waals surface area (Å²) in [5, 5.41) is 9.76. The number of imidazole rings is 1. The Morgan fingerprint density at radius 3 is 2.56 bits per heavy atom. The quantitative estimate of drug-likeness (QED) is 0.821. The fourth-order valence-electron chi connectivity index (χ4n) is 1.47. The van der Waals surface area contributed by atoms with Gasteiger partial charge in [0.2, 0.25) is 0 Å². The van der Waals surface area contributed by atoms with Gasteiger partial charge in [-0.1, -0.05) is 0 Å². The van der Waals surface area contributed by atoms with Crippen LogP contribution in [0.15, 0.2) is 30.7 Å². The van der Waals surface area contributed by atoms with E-state index in [4.69, 9.17) is 0 Å². The van der Waals surface area contributed by atoms with Crippen molar-refractivity contribution in [3.05, 3.63) is 47.8 Å². The summed E-state index contributed by atoms with van der Waals surface area (Å²) in [5.74, 6) is 0.594. The number of pyridine rings is 1. The largest absolute Gasteiger partial charge is 0.383 e. The predicted molar refractivity (Wildman–Crippen MR) is 60.9 cm³/mol. The first-order valence-corrected chi connectivity index (χ1v) is 5.22. The van der Waals surface area contributed by atoms with E-state index in [-0.39, 0.29) is 0 Å². The predicted octanol–water partition coefficient (Wildman–Crippen LogP) is 1.62. The van der Waals surface area contributed by atoms with Gasteiger partial charge < -0.3 is 10.1 Å². The number of hydrogen-bond acceptors (Lipinski definition) is 3. The highest BCUT2D eigenvalue weighted by Crippen LogP contribution is 2.16. The van der Waals surface area contributed by atoms with Crippen LogP contribution in [0.4, 0.5) is 0 Å². The van der Waals surface area contributed by atoms with E-state index in [0.29, 0.717) is 5.82 Å². The van der Waals surface area contributed by atoms with E-state index >= 15 is 0 Å². The van der Waals surface area contributed by atoms with Crippen LogP contribution in [0.1, 0.15) is 30.9 Å². The number of nitrogens with one attached hydrogen (secondary N) is 1. The van der Waals surface area contributed by atoms with E-state index in [2.05, 4.69) is 15.0 Å². The number of rotatable bonds is 3. The van der Waals surface area contributed by atoms with Crippen LogP contribution in [-0.2, 0) is 12.0 Å². The molecule has 0 aliphatic heterocycles. The monoisotopic (exact) mass is 217 g/mol. The molecule has 0 radical (unpaired) electrons. The summed E-state index contributed by atoms with van der Waals surface area (Å²) in [6.45, 7) is 3.42. The molecule has 0 amide bonds. The molecule has 0 aliphatic carbocycles. The average Bonchev–Trinajstić information content (AvgIpc) is 2.67. The van der Waals surface area contributed by atoms with Crippen molar-refractivity contribution in [3.63, 3.8) is 0 Å². The molecule has 0 bridgehead atoms. The number of aliphatic hydroxyl groups is 1. The average molecular weight is 217 g/mol. The number of H-pyrrole nitrogens is 1. The van der Waals surface area contributed by atoms with Crippen molar-refractivity contribution >= 4 is 0 Å². The van der Waals surface area contributed by atoms with Gasteiger partial charge in [-0.2, -0.15) is 0 Å². The van der Waals surface area contributed by atoms with E-state index in [1.54, 1.807) is 26.2 Å². The van der Waals surface area contributed by atoms with Gasteiger partial charge in [0.25, 0.3) is 0 Å². The molecule has 2 heterocycles. The number of aromatic amines is 1. The third kappa shape index (κ3) is 2.46. The minimum atomic E-state index is -0.920. The summed E-state index contributed by atoms with van der Waals surface area (Å²) in [7, 11) is 0. The molecule has 2 aromatic rings. The first kappa shape index (κ1) is 10.8. The van der Waals surface area contributed by atoms with Crippen LogP contribution < -0.4 is 0 Å². The van der Waals surface area contributed by atoms with Gasteiger partial charge in [-0.25, -0.2) is 4.98 Å². The lowest BCUT2D eigenvalue weighted by atomic mass is 10.1. The molecule has 4 nitrogen and oxygen atoms in total. The molecule has 0 aliphatic rings. The number of hydrogen-bond donors (Lipinski definition) is 2. The standard InChI is InChI=1S/C12H15N3O/c1-12(2,16)11-14-8-10(15-11)7-9-3-5-13-6-4-9/h3-6,8,16H,7H2,1-2H3,(H,14,15). The fourth-order valence-corrected chi connectivity index (χ4v) is 1.47. The summed E-state index contributed by atoms with van der Waals surface area (Å²) in [6, 6.07) is 3.91. The van der Waals surface area contributed by atoms with Crippen LogP contribution in [0.25, 0.3) is 0 Å². The first-order valence-electron chi connectivity index (χ1n) is 5.22. The van der Waals surface area contributed by atoms with Crippen molar-refractivity contribution in [1.82, 2.24) is 15.0 Å². The minimum absolute atomic E-state index is 0.594. The summed E-state index contributed by atoms with van der Waals surface area (Å²) in [4.78, 5) is 11.3. The SMILES string of the molecule is CC(C)(O)c1nc(Cc2ccncc2)c[nH]1. The van der Waals surface area contributed by atoms with Crippen molar-refractivity contribution in [2.24, 2.45) is 0 Å². The second-order valence-electron chi connectivity index (χ2n) is 4.33. The minimum Gasteiger partial charge on any atom is -0.383 e. The molecular formula is C12H15N3O. The molecule has 4 heteroatoms. The van der Waals surface area contributed by atoms with Gasteiger partial charge in [0, 0.05) is 25.0 Å². The van der Waals surface area contributed by atoms with Crippen LogP contribution in [0.2, 0.25) is 0 Å². The van der Waals surface area contributed by atoms with Crippen LogP contribution >= 0.6 is 0 Å². The second-order valence-corrected chi connectivity index (χ2v) is 4.33. The fraction of sp³-hybridized carbons (Fsp3) is 0.333. The van der Waals surface area contributed by atoms with Crippen molar-refractivity contribution in [2.45, 2.75) is 25.9 Å². The van der Waals surface area contributed by atoms with Gasteiger partial charge in [-0.3, -0.25) is 4.98 Å². The van der Waals surface area contributed by atoms with E-state index in [9.17, 15) is 5.11 Å². The molecule has 2 rings (SSSR count). The molecule has 0 atom stereocenters. The maximum absolute atomic E-state index is 9.76. The molecule has 84 valence electrons. The smallest absolute Gasteiger partial charge is 0.137 e. The first-order chi connectivity index (χ1) is 7.55. The van der Waals surface area contributed by atoms with E-state index in [1.807, 2.05) is 18.3 Å². The highest BCUT2D eigenvalue weighted by molar-refractivity contribution is 5.19. The Morgan fingerprint density at radius 2 is 2.00 bits per heavy atom. The van der Waals surface area contributed by atoms with Crippen LogP contribution in [0, 0.1) is 0 Å². The molecule has 0 saturated heterocycles. The normalized spacial score (nSPS) is 11.7. The molecule has 2 aromatic heterocycles. The molecular weight excluding hydrogens is 202 g/mol. The summed E-state index contributed by atoms with van der Waals surface area (Å²) in [6.07, 6.45) is 6.10. The third-order valence-electron chi connectivity index (χ3n) is 2.35. The topological polar surface area (TPSA) is 61.8 Å². The molecule has 0 unspecified atom stereocenters. The Kier molecular flexibility index (Phi) is 2.75. The lowest BCUT2D eigenvalue weighted by Gasteiger charge is -2.12. The zero-order valence-electron chi connectivity index (χ0n) is 9.44. The Bertz CT molecular complexity index is 457. The summed E-state index contributed by atoms with van der Waals surface area (Å²) >= 11 is 0. The molecule has 0 fully saturated rings. The van der Waals surface area contributed by atoms with Crippen LogP contribution in [0.5, 0.6) is 0 Å². The van der Waals surface area contributed by atoms with Crippen molar-refractivity contribution in [1.29, 1.82) is 0 Å². The Labute approximate surface area is 94.4 Å². The highest BCUT2D eigenvalue weighted by atomic mass is 16.3. The van der Waals surface area contributed by atoms with E-state index < -0.39 is 5.60 Å². The van der Waals surface area contributed by atoms with Crippen LogP contribution in [0.3, 0.4) is 0 Å². The molecule has 0 aromatic carbocycles. The Morgan fingerprint density at radius 1 is 1.31 bits per heavy atom. The zero-order chi connectivity index (χ0) is 11.6. The second kappa shape index (κ2) is 4.06. The van der Waals surface area contributed by atoms with Crippen molar-refractivity contribution in [3.8, 4) is 0 Å². The molecule has 16 heavy (non-hydrogen) atoms. The van der Waals surface area contributed by atoms with Gasteiger partial charge in [0.1, 0.15) is 11.4 Å². The molecule has 0 spiro atoms. The van der Waals surface area contributed by atoms with Crippen molar-refractivity contribution < 1.29 is 5.11 Å². The molecule has 2 N–H and O–H groups in total. The Hall–Kier alpha value is -1.68. The van der Waals surface area contributed by atoms with Gasteiger partial charge >= 0.3 is 0 Å². The van der Waals surface area contributed by atoms with E-state index in [1.165, 1.54) is 0 Å². The lowest BCUT2D eigenvalue weighted by molar-refractivity contribution is 0.0695. The lowest BCUT2D eigenvalue weighted by Crippen LogP contribution is -2.17. The Balaban J connectivity index is 2.15. The maximum atomic E-state index is 9.76. The molecule has 0 saturated carbocycles.